The lowest BCUT2D eigenvalue weighted by molar-refractivity contribution is -0.116. The van der Waals surface area contributed by atoms with Gasteiger partial charge in [-0.2, -0.15) is 0 Å². The van der Waals surface area contributed by atoms with Gasteiger partial charge in [-0.1, -0.05) is 36.9 Å². The number of carbonyl (C=O) groups excluding carboxylic acids is 1. The van der Waals surface area contributed by atoms with E-state index in [1.54, 1.807) is 0 Å². The van der Waals surface area contributed by atoms with Crippen molar-refractivity contribution in [2.24, 2.45) is 0 Å². The average molecular weight is 359 g/mol. The molecule has 7 heteroatoms. The summed E-state index contributed by atoms with van der Waals surface area (Å²) in [6, 6.07) is 7.53. The third-order valence-corrected chi connectivity index (χ3v) is 5.05. The Bertz CT molecular complexity index is 835. The van der Waals surface area contributed by atoms with E-state index in [0.29, 0.717) is 28.9 Å². The molecule has 1 aromatic heterocycles. The zero-order chi connectivity index (χ0) is 17.8. The zero-order valence-corrected chi connectivity index (χ0v) is 15.1. The molecule has 0 saturated heterocycles. The molecule has 0 bridgehead atoms. The van der Waals surface area contributed by atoms with Crippen LogP contribution in [0.5, 0.6) is 5.75 Å². The molecule has 1 amide bonds. The van der Waals surface area contributed by atoms with Crippen LogP contribution < -0.4 is 15.6 Å². The normalized spacial score (nSPS) is 16.2. The van der Waals surface area contributed by atoms with E-state index >= 15 is 0 Å². The summed E-state index contributed by atoms with van der Waals surface area (Å²) in [6.07, 6.45) is 1.17. The number of hydrogen-bond acceptors (Lipinski definition) is 5. The number of nitrogens with one attached hydrogen (secondary N) is 2. The topological polar surface area (TPSA) is 84.1 Å². The number of rotatable bonds is 6. The number of hydrogen-bond donors (Lipinski definition) is 2. The van der Waals surface area contributed by atoms with Crippen molar-refractivity contribution in [1.29, 1.82) is 0 Å². The molecule has 1 aromatic carbocycles. The first-order valence-corrected chi connectivity index (χ1v) is 9.41. The molecule has 1 aliphatic rings. The maximum Gasteiger partial charge on any atom is 0.257 e. The number of thioether (sulfide) groups is 1. The maximum atomic E-state index is 12.7. The third kappa shape index (κ3) is 3.71. The van der Waals surface area contributed by atoms with Crippen molar-refractivity contribution in [3.63, 3.8) is 0 Å². The first kappa shape index (κ1) is 17.5. The van der Waals surface area contributed by atoms with Crippen LogP contribution in [0.2, 0.25) is 0 Å². The Hall–Kier alpha value is -2.28. The van der Waals surface area contributed by atoms with Gasteiger partial charge >= 0.3 is 0 Å². The molecule has 0 unspecified atom stereocenters. The molecule has 2 N–H and O–H groups in total. The number of amides is 1. The molecule has 132 valence electrons. The van der Waals surface area contributed by atoms with Crippen LogP contribution in [-0.4, -0.2) is 28.2 Å². The number of H-pyrrole nitrogens is 1. The number of benzene rings is 1. The SMILES string of the molecule is CCCSc1nc2c(c(=O)[nH]1)[C@@H](c1ccccc1OCC)CC(=O)N2. The minimum Gasteiger partial charge on any atom is -0.494 e. The standard InChI is InChI=1S/C18H21N3O3S/c1-3-9-25-18-20-16-15(17(23)21-18)12(10-14(22)19-16)11-7-5-6-8-13(11)24-4-2/h5-8,12H,3-4,9-10H2,1-2H3,(H2,19,20,21,22,23)/t12-/m1/s1. The highest BCUT2D eigenvalue weighted by Crippen LogP contribution is 2.38. The lowest BCUT2D eigenvalue weighted by Gasteiger charge is -2.25. The fourth-order valence-electron chi connectivity index (χ4n) is 2.94. The summed E-state index contributed by atoms with van der Waals surface area (Å²) in [5.74, 6) is 1.39. The summed E-state index contributed by atoms with van der Waals surface area (Å²) in [7, 11) is 0. The highest BCUT2D eigenvalue weighted by molar-refractivity contribution is 7.99. The summed E-state index contributed by atoms with van der Waals surface area (Å²) in [5.41, 5.74) is 1.12. The van der Waals surface area contributed by atoms with Gasteiger partial charge in [0.2, 0.25) is 5.91 Å². The largest absolute Gasteiger partial charge is 0.494 e. The molecule has 1 aliphatic heterocycles. The molecule has 6 nitrogen and oxygen atoms in total. The van der Waals surface area contributed by atoms with E-state index in [4.69, 9.17) is 4.74 Å². The van der Waals surface area contributed by atoms with Crippen LogP contribution in [-0.2, 0) is 4.79 Å². The number of para-hydroxylation sites is 1. The Morgan fingerprint density at radius 2 is 2.08 bits per heavy atom. The van der Waals surface area contributed by atoms with Gasteiger partial charge in [0.05, 0.1) is 12.2 Å². The number of anilines is 1. The summed E-state index contributed by atoms with van der Waals surface area (Å²) < 4.78 is 5.69. The summed E-state index contributed by atoms with van der Waals surface area (Å²) in [5, 5.41) is 3.28. The van der Waals surface area contributed by atoms with Crippen molar-refractivity contribution in [3.05, 3.63) is 45.7 Å². The van der Waals surface area contributed by atoms with Crippen LogP contribution in [0, 0.1) is 0 Å². The number of carbonyl (C=O) groups is 1. The summed E-state index contributed by atoms with van der Waals surface area (Å²) in [6.45, 7) is 4.49. The Morgan fingerprint density at radius 3 is 2.84 bits per heavy atom. The molecule has 3 rings (SSSR count). The van der Waals surface area contributed by atoms with E-state index in [1.807, 2.05) is 31.2 Å². The number of ether oxygens (including phenoxy) is 1. The van der Waals surface area contributed by atoms with Gasteiger partial charge in [-0.25, -0.2) is 4.98 Å². The number of fused-ring (bicyclic) bond motifs is 1. The molecule has 0 saturated carbocycles. The van der Waals surface area contributed by atoms with Crippen LogP contribution >= 0.6 is 11.8 Å². The van der Waals surface area contributed by atoms with Gasteiger partial charge in [-0.05, 0) is 19.4 Å². The predicted octanol–water partition coefficient (Wildman–Crippen LogP) is 3.14. The summed E-state index contributed by atoms with van der Waals surface area (Å²) >= 11 is 1.47. The maximum absolute atomic E-state index is 12.7. The first-order chi connectivity index (χ1) is 12.1. The Balaban J connectivity index is 2.08. The van der Waals surface area contributed by atoms with E-state index in [9.17, 15) is 9.59 Å². The second kappa shape index (κ2) is 7.74. The second-order valence-corrected chi connectivity index (χ2v) is 6.84. The molecule has 2 aromatic rings. The van der Waals surface area contributed by atoms with E-state index in [-0.39, 0.29) is 23.8 Å². The molecule has 25 heavy (non-hydrogen) atoms. The number of nitrogens with zero attached hydrogens (tertiary/aromatic N) is 1. The van der Waals surface area contributed by atoms with E-state index in [0.717, 1.165) is 17.7 Å². The predicted molar refractivity (Wildman–Crippen MR) is 98.6 cm³/mol. The number of aromatic nitrogens is 2. The molecule has 0 radical (unpaired) electrons. The Morgan fingerprint density at radius 1 is 1.28 bits per heavy atom. The second-order valence-electron chi connectivity index (χ2n) is 5.76. The van der Waals surface area contributed by atoms with Crippen molar-refractivity contribution < 1.29 is 9.53 Å². The minimum atomic E-state index is -0.368. The Kier molecular flexibility index (Phi) is 5.43. The monoisotopic (exact) mass is 359 g/mol. The van der Waals surface area contributed by atoms with Crippen molar-refractivity contribution >= 4 is 23.5 Å². The summed E-state index contributed by atoms with van der Waals surface area (Å²) in [4.78, 5) is 32.2. The lowest BCUT2D eigenvalue weighted by Crippen LogP contribution is -2.31. The van der Waals surface area contributed by atoms with Crippen molar-refractivity contribution in [1.82, 2.24) is 9.97 Å². The fourth-order valence-corrected chi connectivity index (χ4v) is 3.66. The Labute approximate surface area is 150 Å². The molecular weight excluding hydrogens is 338 g/mol. The van der Waals surface area contributed by atoms with Crippen molar-refractivity contribution in [2.45, 2.75) is 37.8 Å². The molecule has 1 atom stereocenters. The van der Waals surface area contributed by atoms with Gasteiger partial charge in [0.1, 0.15) is 11.6 Å². The van der Waals surface area contributed by atoms with Gasteiger partial charge in [-0.3, -0.25) is 9.59 Å². The zero-order valence-electron chi connectivity index (χ0n) is 14.3. The third-order valence-electron chi connectivity index (χ3n) is 3.97. The fraction of sp³-hybridized carbons (Fsp3) is 0.389. The van der Waals surface area contributed by atoms with E-state index in [2.05, 4.69) is 22.2 Å². The van der Waals surface area contributed by atoms with Crippen LogP contribution in [0.25, 0.3) is 0 Å². The van der Waals surface area contributed by atoms with Crippen LogP contribution in [0.3, 0.4) is 0 Å². The quantitative estimate of drug-likeness (QED) is 0.611. The van der Waals surface area contributed by atoms with Gasteiger partial charge in [0.15, 0.2) is 5.16 Å². The van der Waals surface area contributed by atoms with Crippen LogP contribution in [0.15, 0.2) is 34.2 Å². The van der Waals surface area contributed by atoms with E-state index in [1.165, 1.54) is 11.8 Å². The average Bonchev–Trinajstić information content (AvgIpc) is 2.59. The van der Waals surface area contributed by atoms with Gasteiger partial charge in [0.25, 0.3) is 5.56 Å². The van der Waals surface area contributed by atoms with Crippen molar-refractivity contribution in [2.75, 3.05) is 17.7 Å². The lowest BCUT2D eigenvalue weighted by atomic mass is 9.86. The minimum absolute atomic E-state index is 0.145. The van der Waals surface area contributed by atoms with Crippen LogP contribution in [0.4, 0.5) is 5.82 Å². The molecule has 2 heterocycles. The highest BCUT2D eigenvalue weighted by Gasteiger charge is 2.32. The number of aromatic amines is 1. The first-order valence-electron chi connectivity index (χ1n) is 8.42. The van der Waals surface area contributed by atoms with Gasteiger partial charge in [-0.15, -0.1) is 0 Å². The van der Waals surface area contributed by atoms with Crippen molar-refractivity contribution in [3.8, 4) is 5.75 Å². The van der Waals surface area contributed by atoms with Gasteiger partial charge < -0.3 is 15.0 Å². The molecule has 0 aliphatic carbocycles. The molecular formula is C18H21N3O3S. The van der Waals surface area contributed by atoms with Crippen LogP contribution in [0.1, 0.15) is 43.7 Å². The molecule has 0 fully saturated rings. The smallest absolute Gasteiger partial charge is 0.257 e. The van der Waals surface area contributed by atoms with Gasteiger partial charge in [0, 0.05) is 23.7 Å². The molecule has 0 spiro atoms. The highest BCUT2D eigenvalue weighted by atomic mass is 32.2. The van der Waals surface area contributed by atoms with E-state index < -0.39 is 0 Å².